The maximum atomic E-state index is 13.4. The Hall–Kier alpha value is -1.50. The fourth-order valence-corrected chi connectivity index (χ4v) is 2.36. The van der Waals surface area contributed by atoms with E-state index in [1.54, 1.807) is 25.5 Å². The number of sulfonamides is 1. The van der Waals surface area contributed by atoms with E-state index in [0.29, 0.717) is 12.5 Å². The Bertz CT molecular complexity index is 597. The fourth-order valence-electron chi connectivity index (χ4n) is 1.17. The first-order chi connectivity index (χ1) is 8.60. The minimum atomic E-state index is -4.34. The van der Waals surface area contributed by atoms with Gasteiger partial charge in [0.05, 0.1) is 0 Å². The van der Waals surface area contributed by atoms with Crippen LogP contribution in [0.5, 0.6) is 0 Å². The topological polar surface area (TPSA) is 63.2 Å². The highest BCUT2D eigenvalue weighted by molar-refractivity contribution is 7.90. The van der Waals surface area contributed by atoms with E-state index >= 15 is 0 Å². The third-order valence-electron chi connectivity index (χ3n) is 2.91. The molecule has 0 spiro atoms. The van der Waals surface area contributed by atoms with Gasteiger partial charge in [-0.05, 0) is 18.6 Å². The standard InChI is InChI=1S/C12H15F2NO3S/c1-4-12(2,3)11(16)15-19(17,18)10-6-5-8(13)7-9(10)14/h5-7H,4H2,1-3H3,(H,15,16). The molecule has 106 valence electrons. The van der Waals surface area contributed by atoms with Crippen molar-refractivity contribution < 1.29 is 22.0 Å². The molecule has 0 atom stereocenters. The summed E-state index contributed by atoms with van der Waals surface area (Å²) in [4.78, 5) is 11.0. The summed E-state index contributed by atoms with van der Waals surface area (Å²) in [6.07, 6.45) is 0.417. The minimum absolute atomic E-state index is 0.417. The Labute approximate surface area is 110 Å². The number of carbonyl (C=O) groups is 1. The Morgan fingerprint density at radius 1 is 1.32 bits per heavy atom. The van der Waals surface area contributed by atoms with Crippen molar-refractivity contribution in [3.63, 3.8) is 0 Å². The lowest BCUT2D eigenvalue weighted by Gasteiger charge is -2.21. The molecule has 1 rings (SSSR count). The number of rotatable bonds is 4. The molecule has 0 saturated heterocycles. The molecular formula is C12H15F2NO3S. The summed E-state index contributed by atoms with van der Waals surface area (Å²) in [5, 5.41) is 0. The van der Waals surface area contributed by atoms with E-state index < -0.39 is 37.9 Å². The lowest BCUT2D eigenvalue weighted by molar-refractivity contribution is -0.127. The van der Waals surface area contributed by atoms with E-state index in [4.69, 9.17) is 0 Å². The molecule has 7 heteroatoms. The average molecular weight is 291 g/mol. The van der Waals surface area contributed by atoms with Gasteiger partial charge in [0.15, 0.2) is 0 Å². The third kappa shape index (κ3) is 3.50. The summed E-state index contributed by atoms with van der Waals surface area (Å²) in [6.45, 7) is 4.86. The zero-order valence-electron chi connectivity index (χ0n) is 10.8. The lowest BCUT2D eigenvalue weighted by Crippen LogP contribution is -2.40. The van der Waals surface area contributed by atoms with Crippen LogP contribution in [0.3, 0.4) is 0 Å². The van der Waals surface area contributed by atoms with Gasteiger partial charge in [-0.15, -0.1) is 0 Å². The Morgan fingerprint density at radius 2 is 1.89 bits per heavy atom. The van der Waals surface area contributed by atoms with Gasteiger partial charge in [-0.1, -0.05) is 20.8 Å². The van der Waals surface area contributed by atoms with Crippen molar-refractivity contribution in [3.05, 3.63) is 29.8 Å². The quantitative estimate of drug-likeness (QED) is 0.925. The molecule has 4 nitrogen and oxygen atoms in total. The van der Waals surface area contributed by atoms with Crippen LogP contribution in [0.2, 0.25) is 0 Å². The van der Waals surface area contributed by atoms with E-state index in [2.05, 4.69) is 0 Å². The van der Waals surface area contributed by atoms with Crippen molar-refractivity contribution in [2.24, 2.45) is 5.41 Å². The van der Waals surface area contributed by atoms with Crippen LogP contribution >= 0.6 is 0 Å². The SMILES string of the molecule is CCC(C)(C)C(=O)NS(=O)(=O)c1ccc(F)cc1F. The zero-order valence-corrected chi connectivity index (χ0v) is 11.6. The summed E-state index contributed by atoms with van der Waals surface area (Å²) in [5.41, 5.74) is -0.899. The summed E-state index contributed by atoms with van der Waals surface area (Å²) in [5.74, 6) is -2.87. The first-order valence-electron chi connectivity index (χ1n) is 5.62. The van der Waals surface area contributed by atoms with Gasteiger partial charge in [-0.25, -0.2) is 21.9 Å². The van der Waals surface area contributed by atoms with E-state index in [0.717, 1.165) is 12.1 Å². The molecular weight excluding hydrogens is 276 g/mol. The van der Waals surface area contributed by atoms with Gasteiger partial charge in [0.1, 0.15) is 16.5 Å². The minimum Gasteiger partial charge on any atom is -0.273 e. The second-order valence-electron chi connectivity index (χ2n) is 4.75. The highest BCUT2D eigenvalue weighted by Crippen LogP contribution is 2.22. The summed E-state index contributed by atoms with van der Waals surface area (Å²) < 4.78 is 51.6. The predicted octanol–water partition coefficient (Wildman–Crippen LogP) is 2.21. The maximum Gasteiger partial charge on any atom is 0.266 e. The molecule has 0 unspecified atom stereocenters. The number of carbonyl (C=O) groups excluding carboxylic acids is 1. The third-order valence-corrected chi connectivity index (χ3v) is 4.27. The van der Waals surface area contributed by atoms with Crippen LogP contribution in [0, 0.1) is 17.0 Å². The molecule has 1 aromatic carbocycles. The molecule has 19 heavy (non-hydrogen) atoms. The van der Waals surface area contributed by atoms with Crippen molar-refractivity contribution in [2.75, 3.05) is 0 Å². The number of amides is 1. The molecule has 0 aromatic heterocycles. The molecule has 0 fully saturated rings. The number of nitrogens with one attached hydrogen (secondary N) is 1. The monoisotopic (exact) mass is 291 g/mol. The average Bonchev–Trinajstić information content (AvgIpc) is 2.27. The van der Waals surface area contributed by atoms with Crippen LogP contribution in [0.15, 0.2) is 23.1 Å². The highest BCUT2D eigenvalue weighted by Gasteiger charge is 2.30. The molecule has 1 aromatic rings. The largest absolute Gasteiger partial charge is 0.273 e. The van der Waals surface area contributed by atoms with Crippen LogP contribution in [0.4, 0.5) is 8.78 Å². The van der Waals surface area contributed by atoms with Gasteiger partial charge in [-0.2, -0.15) is 0 Å². The van der Waals surface area contributed by atoms with Gasteiger partial charge in [0.2, 0.25) is 5.91 Å². The van der Waals surface area contributed by atoms with E-state index in [1.807, 2.05) is 0 Å². The fraction of sp³-hybridized carbons (Fsp3) is 0.417. The highest BCUT2D eigenvalue weighted by atomic mass is 32.2. The van der Waals surface area contributed by atoms with Crippen LogP contribution < -0.4 is 4.72 Å². The molecule has 1 amide bonds. The first kappa shape index (κ1) is 15.6. The van der Waals surface area contributed by atoms with Crippen molar-refractivity contribution in [1.82, 2.24) is 4.72 Å². The summed E-state index contributed by atoms with van der Waals surface area (Å²) in [6, 6.07) is 2.04. The summed E-state index contributed by atoms with van der Waals surface area (Å²) in [7, 11) is -4.34. The van der Waals surface area contributed by atoms with Gasteiger partial charge in [0, 0.05) is 11.5 Å². The van der Waals surface area contributed by atoms with Crippen molar-refractivity contribution >= 4 is 15.9 Å². The Balaban J connectivity index is 3.09. The van der Waals surface area contributed by atoms with Crippen molar-refractivity contribution in [2.45, 2.75) is 32.1 Å². The van der Waals surface area contributed by atoms with Crippen LogP contribution in [-0.2, 0) is 14.8 Å². The predicted molar refractivity (Wildman–Crippen MR) is 65.8 cm³/mol. The molecule has 0 bridgehead atoms. The van der Waals surface area contributed by atoms with E-state index in [1.165, 1.54) is 0 Å². The molecule has 0 heterocycles. The molecule has 0 radical (unpaired) electrons. The Morgan fingerprint density at radius 3 is 2.37 bits per heavy atom. The van der Waals surface area contributed by atoms with Gasteiger partial charge >= 0.3 is 0 Å². The van der Waals surface area contributed by atoms with Gasteiger partial charge < -0.3 is 0 Å². The smallest absolute Gasteiger partial charge is 0.266 e. The number of hydrogen-bond donors (Lipinski definition) is 1. The molecule has 0 aliphatic rings. The van der Waals surface area contributed by atoms with E-state index in [-0.39, 0.29) is 0 Å². The second kappa shape index (κ2) is 5.24. The van der Waals surface area contributed by atoms with Crippen LogP contribution in [-0.4, -0.2) is 14.3 Å². The molecule has 0 saturated carbocycles. The van der Waals surface area contributed by atoms with Gasteiger partial charge in [0.25, 0.3) is 10.0 Å². The Kier molecular flexibility index (Phi) is 4.29. The molecule has 0 aliphatic heterocycles. The van der Waals surface area contributed by atoms with Crippen LogP contribution in [0.1, 0.15) is 27.2 Å². The first-order valence-corrected chi connectivity index (χ1v) is 7.11. The van der Waals surface area contributed by atoms with Gasteiger partial charge in [-0.3, -0.25) is 4.79 Å². The molecule has 0 aliphatic carbocycles. The van der Waals surface area contributed by atoms with Crippen LogP contribution in [0.25, 0.3) is 0 Å². The van der Waals surface area contributed by atoms with Crippen molar-refractivity contribution in [1.29, 1.82) is 0 Å². The summed E-state index contributed by atoms with van der Waals surface area (Å²) >= 11 is 0. The maximum absolute atomic E-state index is 13.4. The molecule has 1 N–H and O–H groups in total. The number of halogens is 2. The second-order valence-corrected chi connectivity index (χ2v) is 6.40. The number of benzene rings is 1. The normalized spacial score (nSPS) is 12.3. The number of hydrogen-bond acceptors (Lipinski definition) is 3. The van der Waals surface area contributed by atoms with E-state index in [9.17, 15) is 22.0 Å². The lowest BCUT2D eigenvalue weighted by atomic mass is 9.90. The van der Waals surface area contributed by atoms with Crippen molar-refractivity contribution in [3.8, 4) is 0 Å². The zero-order chi connectivity index (χ0) is 14.8.